The molecule has 1 atom stereocenters. The van der Waals surface area contributed by atoms with Gasteiger partial charge in [0.2, 0.25) is 0 Å². The Labute approximate surface area is 123 Å². The van der Waals surface area contributed by atoms with Crippen molar-refractivity contribution in [3.05, 3.63) is 29.8 Å². The summed E-state index contributed by atoms with van der Waals surface area (Å²) in [5.41, 5.74) is 1.58. The highest BCUT2D eigenvalue weighted by atomic mass is 16.5. The van der Waals surface area contributed by atoms with Crippen molar-refractivity contribution in [1.82, 2.24) is 5.32 Å². The van der Waals surface area contributed by atoms with Crippen molar-refractivity contribution in [2.45, 2.75) is 46.6 Å². The fourth-order valence-electron chi connectivity index (χ4n) is 1.84. The van der Waals surface area contributed by atoms with Gasteiger partial charge in [0, 0.05) is 6.54 Å². The minimum absolute atomic E-state index is 0.328. The SMILES string of the molecule is CCc1cccc(OCC(O)CNCCC(C)(C)C)c1. The summed E-state index contributed by atoms with van der Waals surface area (Å²) in [6.07, 6.45) is 1.62. The number of benzene rings is 1. The summed E-state index contributed by atoms with van der Waals surface area (Å²) in [6, 6.07) is 8.03. The zero-order valence-electron chi connectivity index (χ0n) is 13.3. The van der Waals surface area contributed by atoms with Gasteiger partial charge in [-0.15, -0.1) is 0 Å². The van der Waals surface area contributed by atoms with Crippen LogP contribution in [0.4, 0.5) is 0 Å². The molecule has 0 saturated heterocycles. The lowest BCUT2D eigenvalue weighted by Crippen LogP contribution is -2.33. The normalized spacial score (nSPS) is 13.2. The van der Waals surface area contributed by atoms with Crippen molar-refractivity contribution >= 4 is 0 Å². The van der Waals surface area contributed by atoms with Crippen LogP contribution in [0.15, 0.2) is 24.3 Å². The molecule has 3 heteroatoms. The van der Waals surface area contributed by atoms with Crippen LogP contribution in [0.3, 0.4) is 0 Å². The van der Waals surface area contributed by atoms with E-state index in [0.717, 1.165) is 25.1 Å². The molecule has 3 nitrogen and oxygen atoms in total. The predicted molar refractivity (Wildman–Crippen MR) is 84.3 cm³/mol. The lowest BCUT2D eigenvalue weighted by Gasteiger charge is -2.19. The average Bonchev–Trinajstić information content (AvgIpc) is 2.40. The Bertz CT molecular complexity index is 385. The highest BCUT2D eigenvalue weighted by molar-refractivity contribution is 5.28. The molecule has 0 aliphatic rings. The predicted octanol–water partition coefficient (Wildman–Crippen LogP) is 3.01. The van der Waals surface area contributed by atoms with Crippen LogP contribution in [0.5, 0.6) is 5.75 Å². The van der Waals surface area contributed by atoms with Crippen LogP contribution in [0.1, 0.15) is 39.7 Å². The van der Waals surface area contributed by atoms with E-state index < -0.39 is 6.10 Å². The van der Waals surface area contributed by atoms with E-state index in [2.05, 4.69) is 39.1 Å². The van der Waals surface area contributed by atoms with E-state index >= 15 is 0 Å². The molecule has 1 aromatic carbocycles. The third kappa shape index (κ3) is 7.51. The molecule has 0 saturated carbocycles. The Morgan fingerprint density at radius 2 is 2.05 bits per heavy atom. The molecule has 0 heterocycles. The van der Waals surface area contributed by atoms with E-state index in [1.54, 1.807) is 0 Å². The number of aryl methyl sites for hydroxylation is 1. The molecule has 20 heavy (non-hydrogen) atoms. The molecule has 0 fully saturated rings. The molecule has 0 radical (unpaired) electrons. The average molecular weight is 279 g/mol. The Hall–Kier alpha value is -1.06. The smallest absolute Gasteiger partial charge is 0.119 e. The molecule has 1 aromatic rings. The van der Waals surface area contributed by atoms with Gasteiger partial charge in [0.05, 0.1) is 0 Å². The van der Waals surface area contributed by atoms with Crippen LogP contribution in [0, 0.1) is 5.41 Å². The van der Waals surface area contributed by atoms with Crippen LogP contribution >= 0.6 is 0 Å². The molecule has 0 amide bonds. The maximum atomic E-state index is 9.88. The van der Waals surface area contributed by atoms with Gasteiger partial charge in [-0.3, -0.25) is 0 Å². The Kier molecular flexibility index (Phi) is 7.03. The van der Waals surface area contributed by atoms with Crippen molar-refractivity contribution < 1.29 is 9.84 Å². The zero-order chi connectivity index (χ0) is 15.0. The van der Waals surface area contributed by atoms with Gasteiger partial charge in [-0.05, 0) is 42.5 Å². The van der Waals surface area contributed by atoms with Crippen molar-refractivity contribution in [2.24, 2.45) is 5.41 Å². The van der Waals surface area contributed by atoms with E-state index in [4.69, 9.17) is 4.74 Å². The first-order valence-electron chi connectivity index (χ1n) is 7.51. The summed E-state index contributed by atoms with van der Waals surface area (Å²) in [5, 5.41) is 13.1. The number of aliphatic hydroxyl groups is 1. The monoisotopic (exact) mass is 279 g/mol. The minimum atomic E-state index is -0.472. The molecule has 0 spiro atoms. The molecule has 1 unspecified atom stereocenters. The molecular formula is C17H29NO2. The molecule has 0 aliphatic heterocycles. The quantitative estimate of drug-likeness (QED) is 0.719. The maximum absolute atomic E-state index is 9.88. The van der Waals surface area contributed by atoms with Crippen LogP contribution in [0.2, 0.25) is 0 Å². The summed E-state index contributed by atoms with van der Waals surface area (Å²) in [5.74, 6) is 0.832. The van der Waals surface area contributed by atoms with Gasteiger partial charge in [-0.1, -0.05) is 39.8 Å². The van der Waals surface area contributed by atoms with Crippen molar-refractivity contribution in [2.75, 3.05) is 19.7 Å². The summed E-state index contributed by atoms with van der Waals surface area (Å²) >= 11 is 0. The fourth-order valence-corrected chi connectivity index (χ4v) is 1.84. The lowest BCUT2D eigenvalue weighted by atomic mass is 9.92. The topological polar surface area (TPSA) is 41.5 Å². The van der Waals surface area contributed by atoms with Gasteiger partial charge in [0.25, 0.3) is 0 Å². The highest BCUT2D eigenvalue weighted by Gasteiger charge is 2.10. The van der Waals surface area contributed by atoms with Crippen molar-refractivity contribution in [3.63, 3.8) is 0 Å². The van der Waals surface area contributed by atoms with E-state index in [9.17, 15) is 5.11 Å². The second-order valence-electron chi connectivity index (χ2n) is 6.48. The first kappa shape index (κ1) is 17.0. The molecule has 1 rings (SSSR count). The number of hydrogen-bond donors (Lipinski definition) is 2. The van der Waals surface area contributed by atoms with E-state index in [-0.39, 0.29) is 0 Å². The molecule has 0 aromatic heterocycles. The molecule has 2 N–H and O–H groups in total. The van der Waals surface area contributed by atoms with E-state index in [0.29, 0.717) is 18.6 Å². The van der Waals surface area contributed by atoms with Crippen LogP contribution in [-0.4, -0.2) is 30.9 Å². The number of nitrogens with one attached hydrogen (secondary N) is 1. The highest BCUT2D eigenvalue weighted by Crippen LogP contribution is 2.17. The lowest BCUT2D eigenvalue weighted by molar-refractivity contribution is 0.106. The molecule has 114 valence electrons. The van der Waals surface area contributed by atoms with Gasteiger partial charge in [0.1, 0.15) is 18.5 Å². The van der Waals surface area contributed by atoms with Gasteiger partial charge < -0.3 is 15.2 Å². The number of rotatable bonds is 8. The minimum Gasteiger partial charge on any atom is -0.491 e. The fraction of sp³-hybridized carbons (Fsp3) is 0.647. The summed E-state index contributed by atoms with van der Waals surface area (Å²) < 4.78 is 5.62. The van der Waals surface area contributed by atoms with Crippen molar-refractivity contribution in [1.29, 1.82) is 0 Å². The summed E-state index contributed by atoms with van der Waals surface area (Å²) in [7, 11) is 0. The standard InChI is InChI=1S/C17H29NO2/c1-5-14-7-6-8-16(11-14)20-13-15(19)12-18-10-9-17(2,3)4/h6-8,11,15,18-19H,5,9-10,12-13H2,1-4H3. The van der Waals surface area contributed by atoms with Gasteiger partial charge in [0.15, 0.2) is 0 Å². The summed E-state index contributed by atoms with van der Waals surface area (Å²) in [6.45, 7) is 10.6. The first-order valence-corrected chi connectivity index (χ1v) is 7.51. The molecule has 0 aliphatic carbocycles. The summed E-state index contributed by atoms with van der Waals surface area (Å²) in [4.78, 5) is 0. The van der Waals surface area contributed by atoms with Gasteiger partial charge in [-0.2, -0.15) is 0 Å². The maximum Gasteiger partial charge on any atom is 0.119 e. The van der Waals surface area contributed by atoms with Crippen molar-refractivity contribution in [3.8, 4) is 5.75 Å². The van der Waals surface area contributed by atoms with Gasteiger partial charge >= 0.3 is 0 Å². The zero-order valence-corrected chi connectivity index (χ0v) is 13.3. The Balaban J connectivity index is 2.20. The van der Waals surface area contributed by atoms with E-state index in [1.165, 1.54) is 5.56 Å². The number of ether oxygens (including phenoxy) is 1. The number of aliphatic hydroxyl groups excluding tert-OH is 1. The van der Waals surface area contributed by atoms with E-state index in [1.807, 2.05) is 18.2 Å². The van der Waals surface area contributed by atoms with Crippen LogP contribution < -0.4 is 10.1 Å². The molecule has 0 bridgehead atoms. The Morgan fingerprint density at radius 3 is 2.70 bits per heavy atom. The third-order valence-corrected chi connectivity index (χ3v) is 3.18. The number of hydrogen-bond acceptors (Lipinski definition) is 3. The molecular weight excluding hydrogens is 250 g/mol. The second kappa shape index (κ2) is 8.28. The van der Waals surface area contributed by atoms with Crippen LogP contribution in [-0.2, 0) is 6.42 Å². The second-order valence-corrected chi connectivity index (χ2v) is 6.48. The van der Waals surface area contributed by atoms with Gasteiger partial charge in [-0.25, -0.2) is 0 Å². The largest absolute Gasteiger partial charge is 0.491 e. The third-order valence-electron chi connectivity index (χ3n) is 3.18. The Morgan fingerprint density at radius 1 is 1.30 bits per heavy atom. The van der Waals surface area contributed by atoms with Crippen LogP contribution in [0.25, 0.3) is 0 Å². The first-order chi connectivity index (χ1) is 9.40.